The predicted molar refractivity (Wildman–Crippen MR) is 78.6 cm³/mol. The van der Waals surface area contributed by atoms with Crippen LogP contribution in [0.5, 0.6) is 5.75 Å². The summed E-state index contributed by atoms with van der Waals surface area (Å²) in [5.74, 6) is -1.43. The summed E-state index contributed by atoms with van der Waals surface area (Å²) in [6.07, 6.45) is 2.86. The number of nitrogens with one attached hydrogen (secondary N) is 1. The Morgan fingerprint density at radius 2 is 2.10 bits per heavy atom. The minimum atomic E-state index is -0.975. The van der Waals surface area contributed by atoms with Crippen LogP contribution in [0.15, 0.2) is 18.2 Å². The van der Waals surface area contributed by atoms with E-state index in [0.29, 0.717) is 12.8 Å². The van der Waals surface area contributed by atoms with Gasteiger partial charge in [-0.15, -0.1) is 0 Å². The average Bonchev–Trinajstić information content (AvgIpc) is 2.43. The summed E-state index contributed by atoms with van der Waals surface area (Å²) >= 11 is 5.95. The molecule has 1 aliphatic rings. The monoisotopic (exact) mass is 311 g/mol. The number of phenolic OH excluding ortho intramolecular Hbond substituents is 1. The topological polar surface area (TPSA) is 86.6 Å². The molecule has 21 heavy (non-hydrogen) atoms. The Hall–Kier alpha value is -1.75. The quantitative estimate of drug-likeness (QED) is 0.801. The number of aliphatic carboxylic acids is 1. The number of rotatable bonds is 3. The maximum Gasteiger partial charge on any atom is 0.311 e. The Morgan fingerprint density at radius 3 is 2.76 bits per heavy atom. The van der Waals surface area contributed by atoms with Crippen molar-refractivity contribution in [2.45, 2.75) is 38.6 Å². The lowest BCUT2D eigenvalue weighted by molar-refractivity contribution is -0.151. The van der Waals surface area contributed by atoms with Crippen molar-refractivity contribution >= 4 is 23.5 Å². The second-order valence-corrected chi connectivity index (χ2v) is 6.07. The molecule has 3 N–H and O–H groups in total. The molecular formula is C15H18ClNO4. The van der Waals surface area contributed by atoms with Gasteiger partial charge in [-0.3, -0.25) is 9.59 Å². The molecule has 2 atom stereocenters. The normalized spacial score (nSPS) is 25.3. The first kappa shape index (κ1) is 15.6. The first-order valence-corrected chi connectivity index (χ1v) is 7.25. The number of aromatic hydroxyl groups is 1. The molecular weight excluding hydrogens is 294 g/mol. The summed E-state index contributed by atoms with van der Waals surface area (Å²) in [4.78, 5) is 23.8. The third kappa shape index (κ3) is 3.13. The third-order valence-corrected chi connectivity index (χ3v) is 4.53. The molecule has 114 valence electrons. The number of phenols is 1. The molecule has 6 heteroatoms. The molecule has 1 aromatic rings. The van der Waals surface area contributed by atoms with Gasteiger partial charge in [0.2, 0.25) is 0 Å². The van der Waals surface area contributed by atoms with E-state index in [1.807, 2.05) is 0 Å². The van der Waals surface area contributed by atoms with E-state index < -0.39 is 23.3 Å². The number of amides is 1. The fraction of sp³-hybridized carbons (Fsp3) is 0.467. The third-order valence-electron chi connectivity index (χ3n) is 4.20. The fourth-order valence-corrected chi connectivity index (χ4v) is 2.95. The van der Waals surface area contributed by atoms with Gasteiger partial charge < -0.3 is 15.5 Å². The molecule has 1 aromatic carbocycles. The molecule has 1 saturated carbocycles. The van der Waals surface area contributed by atoms with E-state index in [-0.39, 0.29) is 16.3 Å². The summed E-state index contributed by atoms with van der Waals surface area (Å²) in [5.41, 5.74) is -0.827. The van der Waals surface area contributed by atoms with Gasteiger partial charge in [-0.2, -0.15) is 0 Å². The molecule has 2 rings (SSSR count). The Morgan fingerprint density at radius 1 is 1.38 bits per heavy atom. The minimum Gasteiger partial charge on any atom is -0.508 e. The van der Waals surface area contributed by atoms with E-state index in [2.05, 4.69) is 5.32 Å². The first-order valence-electron chi connectivity index (χ1n) is 6.87. The van der Waals surface area contributed by atoms with Crippen molar-refractivity contribution in [2.75, 3.05) is 0 Å². The van der Waals surface area contributed by atoms with E-state index in [1.165, 1.54) is 18.2 Å². The lowest BCUT2D eigenvalue weighted by Crippen LogP contribution is -2.52. The summed E-state index contributed by atoms with van der Waals surface area (Å²) in [6, 6.07) is 3.65. The maximum atomic E-state index is 12.3. The Balaban J connectivity index is 2.21. The minimum absolute atomic E-state index is 0.0609. The molecule has 5 nitrogen and oxygen atoms in total. The largest absolute Gasteiger partial charge is 0.508 e. The van der Waals surface area contributed by atoms with E-state index in [9.17, 15) is 19.8 Å². The van der Waals surface area contributed by atoms with Crippen molar-refractivity contribution < 1.29 is 19.8 Å². The zero-order valence-electron chi connectivity index (χ0n) is 11.7. The molecule has 0 aromatic heterocycles. The van der Waals surface area contributed by atoms with Gasteiger partial charge >= 0.3 is 5.97 Å². The molecule has 0 saturated heterocycles. The van der Waals surface area contributed by atoms with E-state index in [0.717, 1.165) is 12.8 Å². The van der Waals surface area contributed by atoms with Crippen LogP contribution >= 0.6 is 11.6 Å². The van der Waals surface area contributed by atoms with Gasteiger partial charge in [0.15, 0.2) is 0 Å². The SMILES string of the molecule is CC1(C(=O)O)CCCCC1NC(=O)c1cc(O)ccc1Cl. The van der Waals surface area contributed by atoms with Crippen molar-refractivity contribution in [3.05, 3.63) is 28.8 Å². The smallest absolute Gasteiger partial charge is 0.311 e. The Bertz CT molecular complexity index is 575. The Kier molecular flexibility index (Phi) is 4.42. The van der Waals surface area contributed by atoms with Crippen LogP contribution in [0.4, 0.5) is 0 Å². The zero-order valence-corrected chi connectivity index (χ0v) is 12.5. The van der Waals surface area contributed by atoms with Gasteiger partial charge in [0.1, 0.15) is 5.75 Å². The van der Waals surface area contributed by atoms with Crippen LogP contribution in [0.25, 0.3) is 0 Å². The zero-order chi connectivity index (χ0) is 15.6. The first-order chi connectivity index (χ1) is 9.84. The molecule has 2 unspecified atom stereocenters. The highest BCUT2D eigenvalue weighted by molar-refractivity contribution is 6.33. The van der Waals surface area contributed by atoms with Crippen LogP contribution in [0, 0.1) is 5.41 Å². The van der Waals surface area contributed by atoms with Gasteiger partial charge in [-0.05, 0) is 38.0 Å². The molecule has 1 amide bonds. The van der Waals surface area contributed by atoms with Crippen molar-refractivity contribution in [1.29, 1.82) is 0 Å². The lowest BCUT2D eigenvalue weighted by atomic mass is 9.71. The van der Waals surface area contributed by atoms with Crippen molar-refractivity contribution in [2.24, 2.45) is 5.41 Å². The highest BCUT2D eigenvalue weighted by Crippen LogP contribution is 2.36. The van der Waals surface area contributed by atoms with Crippen LogP contribution in [0.3, 0.4) is 0 Å². The van der Waals surface area contributed by atoms with Gasteiger partial charge in [-0.25, -0.2) is 0 Å². The van der Waals surface area contributed by atoms with Crippen molar-refractivity contribution in [1.82, 2.24) is 5.32 Å². The van der Waals surface area contributed by atoms with Crippen molar-refractivity contribution in [3.8, 4) is 5.75 Å². The van der Waals surface area contributed by atoms with E-state index >= 15 is 0 Å². The van der Waals surface area contributed by atoms with Gasteiger partial charge in [-0.1, -0.05) is 24.4 Å². The summed E-state index contributed by atoms with van der Waals surface area (Å²) in [5, 5.41) is 21.9. The number of benzene rings is 1. The van der Waals surface area contributed by atoms with Crippen molar-refractivity contribution in [3.63, 3.8) is 0 Å². The fourth-order valence-electron chi connectivity index (χ4n) is 2.74. The molecule has 0 spiro atoms. The van der Waals surface area contributed by atoms with Crippen LogP contribution < -0.4 is 5.32 Å². The number of carboxylic acid groups (broad SMARTS) is 1. The number of carboxylic acids is 1. The number of carbonyl (C=O) groups is 2. The summed E-state index contributed by atoms with van der Waals surface area (Å²) in [6.45, 7) is 1.66. The highest BCUT2D eigenvalue weighted by atomic mass is 35.5. The average molecular weight is 312 g/mol. The molecule has 1 aliphatic carbocycles. The van der Waals surface area contributed by atoms with Gasteiger partial charge in [0, 0.05) is 6.04 Å². The van der Waals surface area contributed by atoms with E-state index in [1.54, 1.807) is 6.92 Å². The standard InChI is InChI=1S/C15H18ClNO4/c1-15(14(20)21)7-3-2-4-12(15)17-13(19)10-8-9(18)5-6-11(10)16/h5-6,8,12,18H,2-4,7H2,1H3,(H,17,19)(H,20,21). The summed E-state index contributed by atoms with van der Waals surface area (Å²) < 4.78 is 0. The molecule has 1 fully saturated rings. The van der Waals surface area contributed by atoms with Crippen LogP contribution in [-0.2, 0) is 4.79 Å². The second kappa shape index (κ2) is 5.93. The molecule has 0 aliphatic heterocycles. The maximum absolute atomic E-state index is 12.3. The Labute approximate surface area is 127 Å². The lowest BCUT2D eigenvalue weighted by Gasteiger charge is -2.38. The van der Waals surface area contributed by atoms with Crippen LogP contribution in [-0.4, -0.2) is 28.1 Å². The van der Waals surface area contributed by atoms with Crippen LogP contribution in [0.2, 0.25) is 5.02 Å². The summed E-state index contributed by atoms with van der Waals surface area (Å²) in [7, 11) is 0. The number of halogens is 1. The molecule has 0 heterocycles. The highest BCUT2D eigenvalue weighted by Gasteiger charge is 2.44. The second-order valence-electron chi connectivity index (χ2n) is 5.66. The molecule has 0 radical (unpaired) electrons. The number of hydrogen-bond acceptors (Lipinski definition) is 3. The predicted octanol–water partition coefficient (Wildman–Crippen LogP) is 2.81. The van der Waals surface area contributed by atoms with Crippen LogP contribution in [0.1, 0.15) is 43.0 Å². The number of hydrogen-bond donors (Lipinski definition) is 3. The molecule has 0 bridgehead atoms. The van der Waals surface area contributed by atoms with Gasteiger partial charge in [0.05, 0.1) is 16.0 Å². The number of carbonyl (C=O) groups excluding carboxylic acids is 1. The van der Waals surface area contributed by atoms with Gasteiger partial charge in [0.25, 0.3) is 5.91 Å². The van der Waals surface area contributed by atoms with E-state index in [4.69, 9.17) is 11.6 Å².